The molecule has 23 heavy (non-hydrogen) atoms. The molecule has 1 aromatic carbocycles. The lowest BCUT2D eigenvalue weighted by Gasteiger charge is -2.07. The second-order valence-corrected chi connectivity index (χ2v) is 4.79. The van der Waals surface area contributed by atoms with Crippen molar-refractivity contribution in [2.24, 2.45) is 0 Å². The molecule has 0 spiro atoms. The Labute approximate surface area is 129 Å². The van der Waals surface area contributed by atoms with Crippen LogP contribution in [0.4, 0.5) is 0 Å². The number of aromatic nitrogens is 1. The molecule has 3 rings (SSSR count). The van der Waals surface area contributed by atoms with Gasteiger partial charge in [0.2, 0.25) is 0 Å². The molecule has 1 N–H and O–H groups in total. The summed E-state index contributed by atoms with van der Waals surface area (Å²) in [6.45, 7) is -0.141. The van der Waals surface area contributed by atoms with Crippen molar-refractivity contribution >= 4 is 16.9 Å². The van der Waals surface area contributed by atoms with E-state index in [1.54, 1.807) is 6.07 Å². The van der Waals surface area contributed by atoms with Gasteiger partial charge in [-0.05, 0) is 12.1 Å². The number of nitrogens with zero attached hydrogens (tertiary/aromatic N) is 1. The first-order chi connectivity index (χ1) is 11.0. The van der Waals surface area contributed by atoms with Crippen LogP contribution in [0.3, 0.4) is 0 Å². The molecule has 0 atom stereocenters. The molecular formula is C16H11NO6. The maximum Gasteiger partial charge on any atom is 0.338 e. The number of rotatable bonds is 3. The maximum absolute atomic E-state index is 11.9. The summed E-state index contributed by atoms with van der Waals surface area (Å²) >= 11 is 0. The van der Waals surface area contributed by atoms with E-state index in [9.17, 15) is 19.9 Å². The van der Waals surface area contributed by atoms with Crippen molar-refractivity contribution < 1.29 is 23.8 Å². The van der Waals surface area contributed by atoms with Gasteiger partial charge < -0.3 is 19.5 Å². The van der Waals surface area contributed by atoms with E-state index in [0.29, 0.717) is 15.7 Å². The fourth-order valence-corrected chi connectivity index (χ4v) is 2.11. The Morgan fingerprint density at radius 2 is 1.96 bits per heavy atom. The minimum absolute atomic E-state index is 0.0370. The van der Waals surface area contributed by atoms with Crippen LogP contribution in [0, 0.1) is 5.21 Å². The van der Waals surface area contributed by atoms with Gasteiger partial charge in [0.15, 0.2) is 12.4 Å². The van der Waals surface area contributed by atoms with Crippen molar-refractivity contribution in [2.75, 3.05) is 0 Å². The first-order valence-electron chi connectivity index (χ1n) is 6.64. The fraction of sp³-hybridized carbons (Fsp3) is 0.0625. The van der Waals surface area contributed by atoms with Gasteiger partial charge in [-0.2, -0.15) is 4.73 Å². The minimum atomic E-state index is -0.620. The lowest BCUT2D eigenvalue weighted by atomic mass is 10.1. The Bertz CT molecular complexity index is 929. The normalized spacial score (nSPS) is 10.6. The summed E-state index contributed by atoms with van der Waals surface area (Å²) in [5.41, 5.74) is 0.276. The molecule has 7 heteroatoms. The van der Waals surface area contributed by atoms with Crippen LogP contribution in [0.2, 0.25) is 0 Å². The number of ether oxygens (including phenoxy) is 1. The molecule has 2 aromatic heterocycles. The fourth-order valence-electron chi connectivity index (χ4n) is 2.11. The second kappa shape index (κ2) is 5.80. The van der Waals surface area contributed by atoms with Crippen LogP contribution in [-0.4, -0.2) is 11.1 Å². The van der Waals surface area contributed by atoms with Crippen LogP contribution < -0.4 is 10.4 Å². The molecule has 3 aromatic rings. The lowest BCUT2D eigenvalue weighted by molar-refractivity contribution is -0.605. The number of fused-ring (bicyclic) bond motifs is 1. The third-order valence-electron chi connectivity index (χ3n) is 3.21. The van der Waals surface area contributed by atoms with E-state index in [2.05, 4.69) is 0 Å². The van der Waals surface area contributed by atoms with Gasteiger partial charge >= 0.3 is 11.6 Å². The summed E-state index contributed by atoms with van der Waals surface area (Å²) in [5.74, 6) is -0.657. The highest BCUT2D eigenvalue weighted by Crippen LogP contribution is 2.22. The summed E-state index contributed by atoms with van der Waals surface area (Å²) in [7, 11) is 0. The molecule has 0 fully saturated rings. The molecule has 0 amide bonds. The highest BCUT2D eigenvalue weighted by atomic mass is 16.5. The summed E-state index contributed by atoms with van der Waals surface area (Å²) in [6, 6.07) is 8.22. The zero-order valence-electron chi connectivity index (χ0n) is 11.8. The van der Waals surface area contributed by atoms with E-state index in [4.69, 9.17) is 9.15 Å². The Morgan fingerprint density at radius 1 is 1.22 bits per heavy atom. The van der Waals surface area contributed by atoms with Crippen LogP contribution in [0.25, 0.3) is 11.0 Å². The number of carbonyl (C=O) groups excluding carboxylic acids is 1. The molecule has 0 unspecified atom stereocenters. The standard InChI is InChI=1S/C16H11NO6/c18-12-1-2-13-11(7-15(19)23-14(13)8-12)9-22-16(20)10-3-5-17(21)6-4-10/h1-8,18H,9H2. The maximum atomic E-state index is 11.9. The number of pyridine rings is 1. The lowest BCUT2D eigenvalue weighted by Crippen LogP contribution is -2.24. The molecule has 0 saturated carbocycles. The molecule has 116 valence electrons. The van der Waals surface area contributed by atoms with Crippen molar-refractivity contribution in [3.05, 3.63) is 75.5 Å². The van der Waals surface area contributed by atoms with Gasteiger partial charge in [0, 0.05) is 35.2 Å². The highest BCUT2D eigenvalue weighted by Gasteiger charge is 2.12. The molecule has 0 aliphatic heterocycles. The molecule has 7 nitrogen and oxygen atoms in total. The molecule has 0 bridgehead atoms. The van der Waals surface area contributed by atoms with Gasteiger partial charge in [-0.3, -0.25) is 0 Å². The molecule has 0 aliphatic rings. The van der Waals surface area contributed by atoms with Crippen molar-refractivity contribution in [3.63, 3.8) is 0 Å². The van der Waals surface area contributed by atoms with Gasteiger partial charge in [0.25, 0.3) is 0 Å². The van der Waals surface area contributed by atoms with Crippen LogP contribution in [-0.2, 0) is 11.3 Å². The van der Waals surface area contributed by atoms with Gasteiger partial charge in [-0.1, -0.05) is 0 Å². The first kappa shape index (κ1) is 14.6. The van der Waals surface area contributed by atoms with Gasteiger partial charge in [0.1, 0.15) is 17.9 Å². The van der Waals surface area contributed by atoms with Crippen molar-refractivity contribution in [2.45, 2.75) is 6.61 Å². The Hall–Kier alpha value is -3.35. The molecule has 0 radical (unpaired) electrons. The van der Waals surface area contributed by atoms with E-state index in [1.165, 1.54) is 42.7 Å². The van der Waals surface area contributed by atoms with Gasteiger partial charge in [0.05, 0.1) is 5.56 Å². The van der Waals surface area contributed by atoms with Crippen LogP contribution >= 0.6 is 0 Å². The molecule has 0 saturated heterocycles. The average Bonchev–Trinajstić information content (AvgIpc) is 2.52. The Kier molecular flexibility index (Phi) is 3.68. The number of phenols is 1. The third kappa shape index (κ3) is 3.13. The molecule has 0 aliphatic carbocycles. The second-order valence-electron chi connectivity index (χ2n) is 4.79. The van der Waals surface area contributed by atoms with Crippen LogP contribution in [0.5, 0.6) is 5.75 Å². The monoisotopic (exact) mass is 313 g/mol. The summed E-state index contributed by atoms with van der Waals surface area (Å²) in [4.78, 5) is 23.5. The summed E-state index contributed by atoms with van der Waals surface area (Å²) in [6.07, 6.45) is 2.37. The number of benzene rings is 1. The molecule has 2 heterocycles. The first-order valence-corrected chi connectivity index (χ1v) is 6.64. The minimum Gasteiger partial charge on any atom is -0.619 e. The largest absolute Gasteiger partial charge is 0.619 e. The SMILES string of the molecule is O=C(OCc1cc(=O)oc2cc(O)ccc12)c1cc[n+]([O-])cc1. The smallest absolute Gasteiger partial charge is 0.338 e. The Morgan fingerprint density at radius 3 is 2.70 bits per heavy atom. The number of aromatic hydroxyl groups is 1. The van der Waals surface area contributed by atoms with Crippen molar-refractivity contribution in [3.8, 4) is 5.75 Å². The zero-order valence-corrected chi connectivity index (χ0v) is 11.8. The van der Waals surface area contributed by atoms with Crippen molar-refractivity contribution in [1.82, 2.24) is 0 Å². The van der Waals surface area contributed by atoms with Crippen LogP contribution in [0.15, 0.2) is 58.0 Å². The van der Waals surface area contributed by atoms with E-state index < -0.39 is 11.6 Å². The van der Waals surface area contributed by atoms with Gasteiger partial charge in [-0.15, -0.1) is 0 Å². The van der Waals surface area contributed by atoms with E-state index in [1.807, 2.05) is 0 Å². The van der Waals surface area contributed by atoms with E-state index >= 15 is 0 Å². The number of carbonyl (C=O) groups is 1. The van der Waals surface area contributed by atoms with Crippen molar-refractivity contribution in [1.29, 1.82) is 0 Å². The predicted molar refractivity (Wildman–Crippen MR) is 78.7 cm³/mol. The summed E-state index contributed by atoms with van der Waals surface area (Å²) in [5, 5.41) is 20.9. The zero-order chi connectivity index (χ0) is 16.4. The highest BCUT2D eigenvalue weighted by molar-refractivity contribution is 5.89. The summed E-state index contributed by atoms with van der Waals surface area (Å²) < 4.78 is 10.7. The Balaban J connectivity index is 1.85. The number of hydrogen-bond acceptors (Lipinski definition) is 6. The average molecular weight is 313 g/mol. The predicted octanol–water partition coefficient (Wildman–Crippen LogP) is 1.49. The third-order valence-corrected chi connectivity index (χ3v) is 3.21. The van der Waals surface area contributed by atoms with Crippen LogP contribution in [0.1, 0.15) is 15.9 Å². The topological polar surface area (TPSA) is 104 Å². The van der Waals surface area contributed by atoms with E-state index in [0.717, 1.165) is 0 Å². The van der Waals surface area contributed by atoms with Gasteiger partial charge in [-0.25, -0.2) is 9.59 Å². The molecular weight excluding hydrogens is 302 g/mol. The number of esters is 1. The van der Waals surface area contributed by atoms with E-state index in [-0.39, 0.29) is 23.5 Å². The quantitative estimate of drug-likeness (QED) is 0.340. The number of phenolic OH excluding ortho intramolecular Hbond substituents is 1. The number of hydrogen-bond donors (Lipinski definition) is 1.